The lowest BCUT2D eigenvalue weighted by molar-refractivity contribution is -0.228. The number of aliphatic hydroxyl groups excluding tert-OH is 4. The molecule has 124 valence electrons. The van der Waals surface area contributed by atoms with E-state index in [9.17, 15) is 20.1 Å². The molecule has 1 aromatic rings. The van der Waals surface area contributed by atoms with Crippen LogP contribution in [-0.2, 0) is 27.2 Å². The van der Waals surface area contributed by atoms with Gasteiger partial charge in [-0.1, -0.05) is 5.21 Å². The van der Waals surface area contributed by atoms with Crippen molar-refractivity contribution >= 4 is 5.97 Å². The third kappa shape index (κ3) is 3.59. The van der Waals surface area contributed by atoms with Crippen LogP contribution in [0.4, 0.5) is 0 Å². The van der Waals surface area contributed by atoms with Crippen molar-refractivity contribution in [2.24, 2.45) is 0 Å². The molecule has 1 aromatic heterocycles. The Balaban J connectivity index is 2.01. The Morgan fingerprint density at radius 2 is 2.00 bits per heavy atom. The van der Waals surface area contributed by atoms with E-state index in [0.29, 0.717) is 5.69 Å². The highest BCUT2D eigenvalue weighted by Crippen LogP contribution is 2.23. The molecule has 0 aliphatic carbocycles. The number of hydrogen-bond donors (Lipinski definition) is 4. The number of esters is 1. The zero-order valence-electron chi connectivity index (χ0n) is 11.9. The lowest BCUT2D eigenvalue weighted by Gasteiger charge is -2.39. The Morgan fingerprint density at radius 3 is 2.64 bits per heavy atom. The molecule has 0 aromatic carbocycles. The second-order valence-electron chi connectivity index (χ2n) is 5.06. The first-order valence-corrected chi connectivity index (χ1v) is 6.72. The third-order valence-electron chi connectivity index (χ3n) is 3.51. The predicted octanol–water partition coefficient (Wildman–Crippen LogP) is -3.16. The van der Waals surface area contributed by atoms with Crippen molar-refractivity contribution < 1.29 is 34.7 Å². The third-order valence-corrected chi connectivity index (χ3v) is 3.51. The maximum Gasteiger partial charge on any atom is 0.327 e. The Bertz CT molecular complexity index is 507. The smallest absolute Gasteiger partial charge is 0.327 e. The van der Waals surface area contributed by atoms with Crippen LogP contribution in [0.2, 0.25) is 0 Å². The lowest BCUT2D eigenvalue weighted by atomic mass is 9.93. The van der Waals surface area contributed by atoms with Crippen LogP contribution in [0.3, 0.4) is 0 Å². The van der Waals surface area contributed by atoms with E-state index in [1.165, 1.54) is 18.0 Å². The van der Waals surface area contributed by atoms with Crippen LogP contribution in [0.25, 0.3) is 0 Å². The van der Waals surface area contributed by atoms with Crippen LogP contribution in [0, 0.1) is 0 Å². The molecule has 5 atom stereocenters. The summed E-state index contributed by atoms with van der Waals surface area (Å²) in [4.78, 5) is 11.1. The molecule has 22 heavy (non-hydrogen) atoms. The first-order chi connectivity index (χ1) is 10.5. The molecule has 1 fully saturated rings. The van der Waals surface area contributed by atoms with Gasteiger partial charge in [0.15, 0.2) is 0 Å². The number of aliphatic hydroxyl groups is 4. The van der Waals surface area contributed by atoms with Crippen molar-refractivity contribution in [1.82, 2.24) is 15.0 Å². The normalized spacial score (nSPS) is 32.0. The molecule has 0 unspecified atom stereocenters. The van der Waals surface area contributed by atoms with Gasteiger partial charge in [-0.3, -0.25) is 4.79 Å². The Morgan fingerprint density at radius 1 is 1.32 bits per heavy atom. The van der Waals surface area contributed by atoms with Crippen LogP contribution < -0.4 is 0 Å². The van der Waals surface area contributed by atoms with Crippen LogP contribution in [0.5, 0.6) is 0 Å². The van der Waals surface area contributed by atoms with Gasteiger partial charge in [0.1, 0.15) is 31.0 Å². The number of methoxy groups -OCH3 is 1. The van der Waals surface area contributed by atoms with Gasteiger partial charge in [0, 0.05) is 12.6 Å². The van der Waals surface area contributed by atoms with Gasteiger partial charge in [-0.25, -0.2) is 4.68 Å². The van der Waals surface area contributed by atoms with E-state index in [-0.39, 0.29) is 13.0 Å². The van der Waals surface area contributed by atoms with E-state index in [4.69, 9.17) is 9.84 Å². The van der Waals surface area contributed by atoms with Crippen molar-refractivity contribution in [3.05, 3.63) is 11.9 Å². The predicted molar refractivity (Wildman–Crippen MR) is 69.5 cm³/mol. The summed E-state index contributed by atoms with van der Waals surface area (Å²) in [5, 5.41) is 46.0. The van der Waals surface area contributed by atoms with Crippen LogP contribution >= 0.6 is 0 Å². The van der Waals surface area contributed by atoms with E-state index in [1.807, 2.05) is 0 Å². The van der Waals surface area contributed by atoms with E-state index in [0.717, 1.165) is 0 Å². The number of aromatic nitrogens is 3. The number of carbonyl (C=O) groups is 1. The zero-order valence-corrected chi connectivity index (χ0v) is 11.9. The molecule has 0 radical (unpaired) electrons. The quantitative estimate of drug-likeness (QED) is 0.413. The summed E-state index contributed by atoms with van der Waals surface area (Å²) < 4.78 is 11.1. The number of hydrogen-bond acceptors (Lipinski definition) is 9. The van der Waals surface area contributed by atoms with E-state index >= 15 is 0 Å². The molecule has 1 aliphatic heterocycles. The van der Waals surface area contributed by atoms with Crippen molar-refractivity contribution in [3.8, 4) is 0 Å². The molecule has 10 heteroatoms. The SMILES string of the molecule is COC(=O)Cn1cc(C[C@@H]2O[C@H](CO)[C@H](O)[C@H](O)[C@H]2O)nn1. The van der Waals surface area contributed by atoms with Gasteiger partial charge < -0.3 is 29.9 Å². The van der Waals surface area contributed by atoms with Gasteiger partial charge in [0.2, 0.25) is 0 Å². The van der Waals surface area contributed by atoms with Gasteiger partial charge in [-0.15, -0.1) is 5.10 Å². The molecule has 0 bridgehead atoms. The molecular weight excluding hydrogens is 298 g/mol. The molecule has 1 saturated heterocycles. The number of carbonyl (C=O) groups excluding carboxylic acids is 1. The average Bonchev–Trinajstić information content (AvgIpc) is 2.94. The lowest BCUT2D eigenvalue weighted by Crippen LogP contribution is -2.59. The van der Waals surface area contributed by atoms with Crippen LogP contribution in [-0.4, -0.2) is 85.6 Å². The molecule has 0 saturated carbocycles. The molecule has 0 spiro atoms. The van der Waals surface area contributed by atoms with Crippen LogP contribution in [0.15, 0.2) is 6.20 Å². The fourth-order valence-electron chi connectivity index (χ4n) is 2.26. The summed E-state index contributed by atoms with van der Waals surface area (Å²) in [6, 6.07) is 0. The minimum absolute atomic E-state index is 0.0990. The van der Waals surface area contributed by atoms with Crippen molar-refractivity contribution in [2.75, 3.05) is 13.7 Å². The summed E-state index contributed by atoms with van der Waals surface area (Å²) in [5.41, 5.74) is 0.424. The Labute approximate surface area is 125 Å². The molecular formula is C12H19N3O7. The Kier molecular flexibility index (Phi) is 5.42. The zero-order chi connectivity index (χ0) is 16.3. The molecule has 10 nitrogen and oxygen atoms in total. The van der Waals surface area contributed by atoms with Crippen LogP contribution in [0.1, 0.15) is 5.69 Å². The van der Waals surface area contributed by atoms with Crippen molar-refractivity contribution in [1.29, 1.82) is 0 Å². The van der Waals surface area contributed by atoms with Gasteiger partial charge in [0.05, 0.1) is 25.5 Å². The minimum Gasteiger partial charge on any atom is -0.468 e. The monoisotopic (exact) mass is 317 g/mol. The topological polar surface area (TPSA) is 147 Å². The fourth-order valence-corrected chi connectivity index (χ4v) is 2.26. The molecule has 2 rings (SSSR count). The standard InChI is InChI=1S/C12H19N3O7/c1-21-9(17)4-15-3-6(13-14-15)2-7-10(18)12(20)11(19)8(5-16)22-7/h3,7-8,10-12,16,18-20H,2,4-5H2,1H3/t7-,8+,10-,11-,12+/m0/s1. The van der Waals surface area contributed by atoms with Crippen molar-refractivity contribution in [3.63, 3.8) is 0 Å². The highest BCUT2D eigenvalue weighted by atomic mass is 16.5. The van der Waals surface area contributed by atoms with E-state index in [2.05, 4.69) is 15.0 Å². The summed E-state index contributed by atoms with van der Waals surface area (Å²) in [5.74, 6) is -0.482. The maximum atomic E-state index is 11.1. The number of rotatable bonds is 5. The summed E-state index contributed by atoms with van der Waals surface area (Å²) in [6.45, 7) is -0.589. The van der Waals surface area contributed by atoms with E-state index < -0.39 is 43.1 Å². The van der Waals surface area contributed by atoms with Gasteiger partial charge in [-0.05, 0) is 0 Å². The Hall–Kier alpha value is -1.59. The fraction of sp³-hybridized carbons (Fsp3) is 0.750. The van der Waals surface area contributed by atoms with Crippen molar-refractivity contribution in [2.45, 2.75) is 43.5 Å². The molecule has 1 aliphatic rings. The summed E-state index contributed by atoms with van der Waals surface area (Å²) in [6.07, 6.45) is -4.40. The molecule has 2 heterocycles. The first-order valence-electron chi connectivity index (χ1n) is 6.72. The molecule has 4 N–H and O–H groups in total. The largest absolute Gasteiger partial charge is 0.468 e. The minimum atomic E-state index is -1.43. The van der Waals surface area contributed by atoms with Gasteiger partial charge >= 0.3 is 5.97 Å². The number of ether oxygens (including phenoxy) is 2. The second kappa shape index (κ2) is 7.11. The summed E-state index contributed by atoms with van der Waals surface area (Å²) in [7, 11) is 1.26. The average molecular weight is 317 g/mol. The second-order valence-corrected chi connectivity index (χ2v) is 5.06. The first kappa shape index (κ1) is 16.8. The highest BCUT2D eigenvalue weighted by Gasteiger charge is 2.43. The molecule has 0 amide bonds. The van der Waals surface area contributed by atoms with E-state index in [1.54, 1.807) is 0 Å². The van der Waals surface area contributed by atoms with Gasteiger partial charge in [-0.2, -0.15) is 0 Å². The highest BCUT2D eigenvalue weighted by molar-refractivity contribution is 5.68. The number of nitrogens with zero attached hydrogens (tertiary/aromatic N) is 3. The summed E-state index contributed by atoms with van der Waals surface area (Å²) >= 11 is 0. The van der Waals surface area contributed by atoms with Gasteiger partial charge in [0.25, 0.3) is 0 Å². The maximum absolute atomic E-state index is 11.1.